The molecule has 0 saturated heterocycles. The van der Waals surface area contributed by atoms with Crippen molar-refractivity contribution in [3.8, 4) is 0 Å². The first-order valence-electron chi connectivity index (χ1n) is 5.75. The second-order valence-corrected chi connectivity index (χ2v) is 4.22. The standard InChI is InChI=1S/C11H19NO4/c1-2-16-10(15)12-8-11(9(13)14)6-4-3-5-7-11/h2-8H2,1H3,(H,12,15)(H,13,14). The number of nitrogens with one attached hydrogen (secondary N) is 1. The van der Waals surface area contributed by atoms with Gasteiger partial charge in [-0.05, 0) is 19.8 Å². The van der Waals surface area contributed by atoms with E-state index >= 15 is 0 Å². The van der Waals surface area contributed by atoms with E-state index in [0.717, 1.165) is 19.3 Å². The number of carboxylic acids is 1. The summed E-state index contributed by atoms with van der Waals surface area (Å²) in [7, 11) is 0. The molecule has 2 N–H and O–H groups in total. The summed E-state index contributed by atoms with van der Waals surface area (Å²) < 4.78 is 4.71. The molecule has 1 fully saturated rings. The predicted octanol–water partition coefficient (Wildman–Crippen LogP) is 1.77. The average molecular weight is 229 g/mol. The highest BCUT2D eigenvalue weighted by atomic mass is 16.5. The van der Waals surface area contributed by atoms with E-state index in [9.17, 15) is 14.7 Å². The van der Waals surface area contributed by atoms with Gasteiger partial charge in [0.2, 0.25) is 0 Å². The largest absolute Gasteiger partial charge is 0.481 e. The molecule has 0 aromatic rings. The van der Waals surface area contributed by atoms with Gasteiger partial charge in [-0.15, -0.1) is 0 Å². The van der Waals surface area contributed by atoms with Crippen molar-refractivity contribution in [2.24, 2.45) is 5.41 Å². The molecule has 5 heteroatoms. The highest BCUT2D eigenvalue weighted by Crippen LogP contribution is 2.35. The van der Waals surface area contributed by atoms with E-state index in [1.807, 2.05) is 0 Å². The lowest BCUT2D eigenvalue weighted by atomic mass is 9.74. The Hall–Kier alpha value is -1.26. The van der Waals surface area contributed by atoms with Gasteiger partial charge >= 0.3 is 12.1 Å². The van der Waals surface area contributed by atoms with Crippen molar-refractivity contribution in [3.05, 3.63) is 0 Å². The van der Waals surface area contributed by atoms with Gasteiger partial charge in [0.15, 0.2) is 0 Å². The Morgan fingerprint density at radius 1 is 1.31 bits per heavy atom. The van der Waals surface area contributed by atoms with E-state index in [1.54, 1.807) is 6.92 Å². The molecular weight excluding hydrogens is 210 g/mol. The molecule has 16 heavy (non-hydrogen) atoms. The first-order chi connectivity index (χ1) is 7.60. The van der Waals surface area contributed by atoms with Gasteiger partial charge in [-0.1, -0.05) is 19.3 Å². The number of alkyl carbamates (subject to hydrolysis) is 1. The van der Waals surface area contributed by atoms with Crippen molar-refractivity contribution in [1.29, 1.82) is 0 Å². The van der Waals surface area contributed by atoms with Crippen LogP contribution in [0.3, 0.4) is 0 Å². The molecule has 0 bridgehead atoms. The third-order valence-corrected chi connectivity index (χ3v) is 3.11. The van der Waals surface area contributed by atoms with Gasteiger partial charge in [-0.2, -0.15) is 0 Å². The van der Waals surface area contributed by atoms with Crippen LogP contribution in [0.25, 0.3) is 0 Å². The number of carbonyl (C=O) groups is 2. The zero-order valence-corrected chi connectivity index (χ0v) is 9.62. The zero-order chi connectivity index (χ0) is 12.0. The Labute approximate surface area is 95.2 Å². The quantitative estimate of drug-likeness (QED) is 0.770. The topological polar surface area (TPSA) is 75.6 Å². The maximum atomic E-state index is 11.3. The number of amides is 1. The third kappa shape index (κ3) is 3.12. The summed E-state index contributed by atoms with van der Waals surface area (Å²) in [5, 5.41) is 11.8. The maximum absolute atomic E-state index is 11.3. The summed E-state index contributed by atoms with van der Waals surface area (Å²) in [6.07, 6.45) is 3.64. The summed E-state index contributed by atoms with van der Waals surface area (Å²) in [5.41, 5.74) is -0.787. The van der Waals surface area contributed by atoms with Crippen LogP contribution in [-0.2, 0) is 9.53 Å². The average Bonchev–Trinajstić information content (AvgIpc) is 2.28. The molecule has 1 aliphatic rings. The highest BCUT2D eigenvalue weighted by molar-refractivity contribution is 5.76. The minimum absolute atomic E-state index is 0.168. The molecule has 1 saturated carbocycles. The van der Waals surface area contributed by atoms with Crippen LogP contribution >= 0.6 is 0 Å². The highest BCUT2D eigenvalue weighted by Gasteiger charge is 2.39. The molecule has 92 valence electrons. The summed E-state index contributed by atoms with van der Waals surface area (Å²) in [4.78, 5) is 22.4. The molecule has 0 aliphatic heterocycles. The normalized spacial score (nSPS) is 18.8. The molecular formula is C11H19NO4. The lowest BCUT2D eigenvalue weighted by molar-refractivity contribution is -0.150. The fourth-order valence-electron chi connectivity index (χ4n) is 2.12. The molecule has 1 rings (SSSR count). The molecule has 5 nitrogen and oxygen atoms in total. The molecule has 0 aromatic carbocycles. The van der Waals surface area contributed by atoms with Gasteiger partial charge in [0.05, 0.1) is 12.0 Å². The van der Waals surface area contributed by atoms with Crippen molar-refractivity contribution in [1.82, 2.24) is 5.32 Å². The van der Waals surface area contributed by atoms with Gasteiger partial charge < -0.3 is 15.2 Å². The van der Waals surface area contributed by atoms with Crippen LogP contribution in [0, 0.1) is 5.41 Å². The molecule has 1 aliphatic carbocycles. The summed E-state index contributed by atoms with van der Waals surface area (Å²) in [6, 6.07) is 0. The van der Waals surface area contributed by atoms with Gasteiger partial charge in [-0.25, -0.2) is 4.79 Å². The van der Waals surface area contributed by atoms with E-state index in [2.05, 4.69) is 5.32 Å². The number of carbonyl (C=O) groups excluding carboxylic acids is 1. The van der Waals surface area contributed by atoms with Gasteiger partial charge in [0.25, 0.3) is 0 Å². The van der Waals surface area contributed by atoms with Crippen LogP contribution in [0.2, 0.25) is 0 Å². The second kappa shape index (κ2) is 5.72. The zero-order valence-electron chi connectivity index (χ0n) is 9.62. The van der Waals surface area contributed by atoms with Crippen molar-refractivity contribution in [2.75, 3.05) is 13.2 Å². The summed E-state index contributed by atoms with van der Waals surface area (Å²) in [5.74, 6) is -0.816. The van der Waals surface area contributed by atoms with E-state index in [0.29, 0.717) is 19.4 Å². The summed E-state index contributed by atoms with van der Waals surface area (Å²) in [6.45, 7) is 2.18. The van der Waals surface area contributed by atoms with E-state index in [-0.39, 0.29) is 6.54 Å². The Morgan fingerprint density at radius 3 is 2.44 bits per heavy atom. The lowest BCUT2D eigenvalue weighted by Gasteiger charge is -2.32. The van der Waals surface area contributed by atoms with Crippen molar-refractivity contribution in [3.63, 3.8) is 0 Å². The monoisotopic (exact) mass is 229 g/mol. The third-order valence-electron chi connectivity index (χ3n) is 3.11. The van der Waals surface area contributed by atoms with Gasteiger partial charge in [-0.3, -0.25) is 4.79 Å². The Balaban J connectivity index is 2.51. The predicted molar refractivity (Wildman–Crippen MR) is 58.2 cm³/mol. The SMILES string of the molecule is CCOC(=O)NCC1(C(=O)O)CCCCC1. The molecule has 0 radical (unpaired) electrons. The fourth-order valence-corrected chi connectivity index (χ4v) is 2.12. The molecule has 1 amide bonds. The fraction of sp³-hybridized carbons (Fsp3) is 0.818. The van der Waals surface area contributed by atoms with Crippen LogP contribution < -0.4 is 5.32 Å². The van der Waals surface area contributed by atoms with Gasteiger partial charge in [0, 0.05) is 6.54 Å². The molecule has 0 atom stereocenters. The van der Waals surface area contributed by atoms with Crippen LogP contribution in [-0.4, -0.2) is 30.3 Å². The van der Waals surface area contributed by atoms with E-state index < -0.39 is 17.5 Å². The second-order valence-electron chi connectivity index (χ2n) is 4.22. The smallest absolute Gasteiger partial charge is 0.407 e. The van der Waals surface area contributed by atoms with E-state index in [1.165, 1.54) is 0 Å². The minimum atomic E-state index is -0.816. The number of aliphatic carboxylic acids is 1. The number of rotatable bonds is 4. The Bertz CT molecular complexity index is 259. The van der Waals surface area contributed by atoms with Crippen molar-refractivity contribution in [2.45, 2.75) is 39.0 Å². The minimum Gasteiger partial charge on any atom is -0.481 e. The molecule has 0 unspecified atom stereocenters. The van der Waals surface area contributed by atoms with Crippen LogP contribution in [0.15, 0.2) is 0 Å². The van der Waals surface area contributed by atoms with Crippen molar-refractivity contribution < 1.29 is 19.4 Å². The molecule has 0 heterocycles. The summed E-state index contributed by atoms with van der Waals surface area (Å²) >= 11 is 0. The molecule has 0 spiro atoms. The first-order valence-corrected chi connectivity index (χ1v) is 5.75. The van der Waals surface area contributed by atoms with E-state index in [4.69, 9.17) is 4.74 Å². The first kappa shape index (κ1) is 12.8. The van der Waals surface area contributed by atoms with Crippen molar-refractivity contribution >= 4 is 12.1 Å². The molecule has 0 aromatic heterocycles. The Morgan fingerprint density at radius 2 is 1.94 bits per heavy atom. The maximum Gasteiger partial charge on any atom is 0.407 e. The van der Waals surface area contributed by atoms with Crippen LogP contribution in [0.1, 0.15) is 39.0 Å². The lowest BCUT2D eigenvalue weighted by Crippen LogP contribution is -2.44. The number of hydrogen-bond acceptors (Lipinski definition) is 3. The number of hydrogen-bond donors (Lipinski definition) is 2. The van der Waals surface area contributed by atoms with Gasteiger partial charge in [0.1, 0.15) is 0 Å². The number of carboxylic acid groups (broad SMARTS) is 1. The van der Waals surface area contributed by atoms with Crippen LogP contribution in [0.4, 0.5) is 4.79 Å². The number of ether oxygens (including phenoxy) is 1. The van der Waals surface area contributed by atoms with Crippen LogP contribution in [0.5, 0.6) is 0 Å². The Kier molecular flexibility index (Phi) is 4.58.